The Labute approximate surface area is 120 Å². The van der Waals surface area contributed by atoms with Crippen LogP contribution in [0.1, 0.15) is 23.1 Å². The van der Waals surface area contributed by atoms with Gasteiger partial charge in [-0.05, 0) is 38.8 Å². The van der Waals surface area contributed by atoms with Gasteiger partial charge in [0.25, 0.3) is 0 Å². The fourth-order valence-corrected chi connectivity index (χ4v) is 4.17. The van der Waals surface area contributed by atoms with Crippen LogP contribution in [0.15, 0.2) is 11.0 Å². The van der Waals surface area contributed by atoms with Crippen LogP contribution in [0.3, 0.4) is 0 Å². The van der Waals surface area contributed by atoms with Gasteiger partial charge in [0.1, 0.15) is 11.9 Å². The molecule has 0 spiro atoms. The highest BCUT2D eigenvalue weighted by Crippen LogP contribution is 2.32. The Balaban J connectivity index is 2.40. The third-order valence-corrected chi connectivity index (χ3v) is 5.36. The molecule has 2 unspecified atom stereocenters. The van der Waals surface area contributed by atoms with Crippen molar-refractivity contribution in [2.75, 3.05) is 13.7 Å². The highest BCUT2D eigenvalue weighted by molar-refractivity contribution is 7.96. The first kappa shape index (κ1) is 15.4. The van der Waals surface area contributed by atoms with E-state index in [1.807, 2.05) is 6.92 Å². The summed E-state index contributed by atoms with van der Waals surface area (Å²) in [5, 5.41) is 0. The highest BCUT2D eigenvalue weighted by Gasteiger charge is 2.31. The minimum Gasteiger partial charge on any atom is -0.593 e. The summed E-state index contributed by atoms with van der Waals surface area (Å²) in [7, 11) is -1.98. The van der Waals surface area contributed by atoms with Crippen molar-refractivity contribution >= 4 is 10.4 Å². The van der Waals surface area contributed by atoms with Gasteiger partial charge in [-0.25, -0.2) is 5.43 Å². The molecule has 112 valence electrons. The molecule has 0 aliphatic carbocycles. The third-order valence-electron chi connectivity index (χ3n) is 3.60. The summed E-state index contributed by atoms with van der Waals surface area (Å²) in [5.74, 6) is 0.708. The van der Waals surface area contributed by atoms with Gasteiger partial charge >= 0.3 is 0 Å². The molecular weight excluding hydrogens is 278 g/mol. The standard InChI is InChI=1S/C13H21N3O3S/c1-8-7-11(19-4)9(2)10(3)13(8)20(17,18)16-12-5-6-14-15-12/h7,12,14-15H,5-6H2,1-4H3,(H-,16,17,18). The van der Waals surface area contributed by atoms with E-state index in [9.17, 15) is 8.76 Å². The molecule has 1 fully saturated rings. The molecule has 7 heteroatoms. The van der Waals surface area contributed by atoms with Gasteiger partial charge in [-0.2, -0.15) is 0 Å². The molecule has 1 aromatic rings. The van der Waals surface area contributed by atoms with Gasteiger partial charge in [0, 0.05) is 17.7 Å². The smallest absolute Gasteiger partial charge is 0.181 e. The van der Waals surface area contributed by atoms with Crippen molar-refractivity contribution in [1.29, 1.82) is 0 Å². The van der Waals surface area contributed by atoms with Crippen LogP contribution in [0.25, 0.3) is 0 Å². The Morgan fingerprint density at radius 3 is 2.65 bits per heavy atom. The second-order valence-corrected chi connectivity index (χ2v) is 6.66. The molecule has 3 N–H and O–H groups in total. The number of hydrogen-bond donors (Lipinski definition) is 3. The molecule has 1 aliphatic heterocycles. The molecule has 1 aliphatic rings. The topological polar surface area (TPSA) is 85.5 Å². The summed E-state index contributed by atoms with van der Waals surface area (Å²) in [5.41, 5.74) is 8.05. The zero-order valence-electron chi connectivity index (χ0n) is 12.2. The summed E-state index contributed by atoms with van der Waals surface area (Å²) >= 11 is 0. The molecule has 0 bridgehead atoms. The Kier molecular flexibility index (Phi) is 4.46. The maximum atomic E-state index is 12.6. The summed E-state index contributed by atoms with van der Waals surface area (Å²) < 4.78 is 33.1. The maximum absolute atomic E-state index is 12.6. The molecule has 6 nitrogen and oxygen atoms in total. The molecule has 1 saturated heterocycles. The second-order valence-electron chi connectivity index (χ2n) is 5.01. The average molecular weight is 299 g/mol. The highest BCUT2D eigenvalue weighted by atomic mass is 32.3. The molecular formula is C13H21N3O3S. The van der Waals surface area contributed by atoms with Crippen molar-refractivity contribution < 1.29 is 13.5 Å². The van der Waals surface area contributed by atoms with Crippen LogP contribution in [0.5, 0.6) is 5.75 Å². The van der Waals surface area contributed by atoms with Gasteiger partial charge in [0.2, 0.25) is 0 Å². The van der Waals surface area contributed by atoms with Crippen LogP contribution in [0, 0.1) is 20.8 Å². The number of sulfonamides is 1. The van der Waals surface area contributed by atoms with E-state index in [0.29, 0.717) is 22.6 Å². The molecule has 2 atom stereocenters. The molecule has 0 amide bonds. The van der Waals surface area contributed by atoms with Crippen LogP contribution >= 0.6 is 0 Å². The Hall–Kier alpha value is -0.990. The SMILES string of the molecule is COc1cc(C)c([S+](=O)([O-])NC2CCNN2)c(C)c1C. The van der Waals surface area contributed by atoms with Crippen LogP contribution < -0.4 is 20.3 Å². The lowest BCUT2D eigenvalue weighted by Crippen LogP contribution is -2.47. The summed E-state index contributed by atoms with van der Waals surface area (Å²) in [6, 6.07) is 1.76. The van der Waals surface area contributed by atoms with Crippen molar-refractivity contribution in [1.82, 2.24) is 15.6 Å². The van der Waals surface area contributed by atoms with Crippen LogP contribution in [-0.4, -0.2) is 24.4 Å². The zero-order chi connectivity index (χ0) is 14.9. The minimum absolute atomic E-state index is 0.277. The lowest BCUT2D eigenvalue weighted by molar-refractivity contribution is 0.409. The van der Waals surface area contributed by atoms with Crippen molar-refractivity contribution in [3.8, 4) is 5.75 Å². The molecule has 1 heterocycles. The fraction of sp³-hybridized carbons (Fsp3) is 0.538. The predicted octanol–water partition coefficient (Wildman–Crippen LogP) is 0.938. The Bertz CT molecular complexity index is 556. The number of aryl methyl sites for hydroxylation is 1. The third kappa shape index (κ3) is 2.87. The van der Waals surface area contributed by atoms with Crippen LogP contribution in [0.2, 0.25) is 0 Å². The largest absolute Gasteiger partial charge is 0.593 e. The molecule has 0 radical (unpaired) electrons. The quantitative estimate of drug-likeness (QED) is 0.720. The number of ether oxygens (including phenoxy) is 1. The second kappa shape index (κ2) is 5.79. The maximum Gasteiger partial charge on any atom is 0.181 e. The van der Waals surface area contributed by atoms with E-state index in [-0.39, 0.29) is 6.17 Å². The first-order valence-electron chi connectivity index (χ1n) is 6.52. The number of benzene rings is 1. The van der Waals surface area contributed by atoms with E-state index < -0.39 is 10.4 Å². The Morgan fingerprint density at radius 1 is 1.40 bits per heavy atom. The van der Waals surface area contributed by atoms with E-state index in [0.717, 1.165) is 17.7 Å². The van der Waals surface area contributed by atoms with Crippen molar-refractivity contribution in [3.63, 3.8) is 0 Å². The van der Waals surface area contributed by atoms with E-state index in [4.69, 9.17) is 4.74 Å². The van der Waals surface area contributed by atoms with Gasteiger partial charge in [0.15, 0.2) is 15.3 Å². The van der Waals surface area contributed by atoms with Gasteiger partial charge in [0.05, 0.1) is 7.11 Å². The summed E-state index contributed by atoms with van der Waals surface area (Å²) in [6.45, 7) is 6.19. The molecule has 0 aromatic heterocycles. The molecule has 20 heavy (non-hydrogen) atoms. The first-order chi connectivity index (χ1) is 9.36. The van der Waals surface area contributed by atoms with Gasteiger partial charge in [-0.1, -0.05) is 4.21 Å². The molecule has 2 rings (SSSR count). The summed E-state index contributed by atoms with van der Waals surface area (Å²) in [4.78, 5) is 0.337. The first-order valence-corrected chi connectivity index (χ1v) is 8.00. The number of hydrogen-bond acceptors (Lipinski definition) is 5. The van der Waals surface area contributed by atoms with Gasteiger partial charge in [-0.3, -0.25) is 5.43 Å². The van der Waals surface area contributed by atoms with Gasteiger partial charge in [-0.15, -0.1) is 4.72 Å². The van der Waals surface area contributed by atoms with Crippen LogP contribution in [-0.2, 0) is 14.6 Å². The fourth-order valence-electron chi connectivity index (χ4n) is 2.47. The van der Waals surface area contributed by atoms with E-state index in [1.165, 1.54) is 0 Å². The molecule has 1 aromatic carbocycles. The minimum atomic E-state index is -3.56. The van der Waals surface area contributed by atoms with Gasteiger partial charge < -0.3 is 9.29 Å². The zero-order valence-corrected chi connectivity index (χ0v) is 13.0. The average Bonchev–Trinajstić information content (AvgIpc) is 2.85. The lowest BCUT2D eigenvalue weighted by atomic mass is 10.1. The Morgan fingerprint density at radius 2 is 2.10 bits per heavy atom. The molecule has 0 saturated carbocycles. The van der Waals surface area contributed by atoms with E-state index >= 15 is 0 Å². The van der Waals surface area contributed by atoms with Crippen molar-refractivity contribution in [3.05, 3.63) is 22.8 Å². The van der Waals surface area contributed by atoms with Crippen LogP contribution in [0.4, 0.5) is 0 Å². The van der Waals surface area contributed by atoms with E-state index in [1.54, 1.807) is 27.0 Å². The number of hydrazine groups is 1. The lowest BCUT2D eigenvalue weighted by Gasteiger charge is -2.23. The number of methoxy groups -OCH3 is 1. The number of nitrogens with one attached hydrogen (secondary N) is 3. The normalized spacial score (nSPS) is 21.8. The monoisotopic (exact) mass is 299 g/mol. The van der Waals surface area contributed by atoms with E-state index in [2.05, 4.69) is 15.6 Å². The van der Waals surface area contributed by atoms with Crippen molar-refractivity contribution in [2.24, 2.45) is 0 Å². The van der Waals surface area contributed by atoms with Crippen molar-refractivity contribution in [2.45, 2.75) is 38.3 Å². The summed E-state index contributed by atoms with van der Waals surface area (Å²) in [6.07, 6.45) is 0.438. The number of rotatable bonds is 4. The predicted molar refractivity (Wildman–Crippen MR) is 77.0 cm³/mol.